The number of benzene rings is 2. The Morgan fingerprint density at radius 3 is 2.50 bits per heavy atom. The molecule has 0 saturated heterocycles. The SMILES string of the molecule is O=C(Nc1ccc(Cl)cc1I)c1ccccc1Cl. The fraction of sp³-hybridized carbons (Fsp3) is 0. The Morgan fingerprint density at radius 2 is 1.83 bits per heavy atom. The standard InChI is InChI=1S/C13H8Cl2INO/c14-8-5-6-12(11(16)7-8)17-13(18)9-3-1-2-4-10(9)15/h1-7H,(H,17,18). The summed E-state index contributed by atoms with van der Waals surface area (Å²) in [6.45, 7) is 0. The van der Waals surface area contributed by atoms with Gasteiger partial charge in [-0.05, 0) is 52.9 Å². The summed E-state index contributed by atoms with van der Waals surface area (Å²) in [7, 11) is 0. The van der Waals surface area contributed by atoms with E-state index in [1.54, 1.807) is 42.5 Å². The van der Waals surface area contributed by atoms with E-state index in [9.17, 15) is 4.79 Å². The highest BCUT2D eigenvalue weighted by atomic mass is 127. The molecule has 2 aromatic carbocycles. The fourth-order valence-corrected chi connectivity index (χ4v) is 2.65. The first-order valence-corrected chi connectivity index (χ1v) is 6.92. The van der Waals surface area contributed by atoms with Gasteiger partial charge in [-0.1, -0.05) is 35.3 Å². The van der Waals surface area contributed by atoms with Gasteiger partial charge in [-0.3, -0.25) is 4.79 Å². The fourth-order valence-electron chi connectivity index (χ4n) is 1.43. The quantitative estimate of drug-likeness (QED) is 0.728. The van der Waals surface area contributed by atoms with Gasteiger partial charge in [0.2, 0.25) is 0 Å². The van der Waals surface area contributed by atoms with Crippen molar-refractivity contribution in [2.24, 2.45) is 0 Å². The van der Waals surface area contributed by atoms with Crippen LogP contribution in [0.1, 0.15) is 10.4 Å². The van der Waals surface area contributed by atoms with E-state index in [-0.39, 0.29) is 5.91 Å². The third-order valence-electron chi connectivity index (χ3n) is 2.30. The topological polar surface area (TPSA) is 29.1 Å². The van der Waals surface area contributed by atoms with Crippen molar-refractivity contribution in [1.82, 2.24) is 0 Å². The lowest BCUT2D eigenvalue weighted by atomic mass is 10.2. The molecule has 92 valence electrons. The molecule has 1 N–H and O–H groups in total. The van der Waals surface area contributed by atoms with Gasteiger partial charge < -0.3 is 5.32 Å². The lowest BCUT2D eigenvalue weighted by Gasteiger charge is -2.08. The van der Waals surface area contributed by atoms with E-state index in [4.69, 9.17) is 23.2 Å². The Bertz CT molecular complexity index is 601. The molecule has 0 spiro atoms. The number of carbonyl (C=O) groups is 1. The predicted molar refractivity (Wildman–Crippen MR) is 83.6 cm³/mol. The van der Waals surface area contributed by atoms with E-state index in [1.807, 2.05) is 0 Å². The van der Waals surface area contributed by atoms with Gasteiger partial charge in [0.1, 0.15) is 0 Å². The number of rotatable bonds is 2. The summed E-state index contributed by atoms with van der Waals surface area (Å²) < 4.78 is 0.875. The molecular formula is C13H8Cl2INO. The van der Waals surface area contributed by atoms with Gasteiger partial charge in [0.05, 0.1) is 16.3 Å². The Labute approximate surface area is 128 Å². The van der Waals surface area contributed by atoms with Crippen LogP contribution < -0.4 is 5.32 Å². The summed E-state index contributed by atoms with van der Waals surface area (Å²) >= 11 is 13.9. The van der Waals surface area contributed by atoms with Crippen molar-refractivity contribution >= 4 is 57.4 Å². The molecular weight excluding hydrogens is 384 g/mol. The van der Waals surface area contributed by atoms with Crippen molar-refractivity contribution in [3.63, 3.8) is 0 Å². The second kappa shape index (κ2) is 5.91. The predicted octanol–water partition coefficient (Wildman–Crippen LogP) is 4.85. The van der Waals surface area contributed by atoms with E-state index in [2.05, 4.69) is 27.9 Å². The summed E-state index contributed by atoms with van der Waals surface area (Å²) in [6, 6.07) is 12.2. The zero-order chi connectivity index (χ0) is 13.1. The molecule has 1 amide bonds. The van der Waals surface area contributed by atoms with Crippen LogP contribution in [0.15, 0.2) is 42.5 Å². The van der Waals surface area contributed by atoms with Crippen LogP contribution in [0.2, 0.25) is 10.0 Å². The molecule has 2 rings (SSSR count). The molecule has 0 saturated carbocycles. The monoisotopic (exact) mass is 391 g/mol. The number of anilines is 1. The van der Waals surface area contributed by atoms with Crippen LogP contribution in [0.25, 0.3) is 0 Å². The maximum absolute atomic E-state index is 12.0. The minimum absolute atomic E-state index is 0.235. The molecule has 0 unspecified atom stereocenters. The molecule has 0 radical (unpaired) electrons. The molecule has 18 heavy (non-hydrogen) atoms. The van der Waals surface area contributed by atoms with Gasteiger partial charge in [-0.15, -0.1) is 0 Å². The number of carbonyl (C=O) groups excluding carboxylic acids is 1. The van der Waals surface area contributed by atoms with Gasteiger partial charge in [0, 0.05) is 8.59 Å². The molecule has 0 aliphatic carbocycles. The minimum atomic E-state index is -0.235. The van der Waals surface area contributed by atoms with Crippen LogP contribution in [0.5, 0.6) is 0 Å². The maximum Gasteiger partial charge on any atom is 0.257 e. The van der Waals surface area contributed by atoms with Crippen LogP contribution in [0.4, 0.5) is 5.69 Å². The van der Waals surface area contributed by atoms with Gasteiger partial charge in [0.25, 0.3) is 5.91 Å². The average Bonchev–Trinajstić information content (AvgIpc) is 2.33. The first-order chi connectivity index (χ1) is 8.58. The molecule has 0 aliphatic rings. The maximum atomic E-state index is 12.0. The Balaban J connectivity index is 2.24. The van der Waals surface area contributed by atoms with Crippen molar-refractivity contribution in [3.8, 4) is 0 Å². The van der Waals surface area contributed by atoms with E-state index >= 15 is 0 Å². The summed E-state index contributed by atoms with van der Waals surface area (Å²) in [5.74, 6) is -0.235. The number of hydrogen-bond acceptors (Lipinski definition) is 1. The van der Waals surface area contributed by atoms with Crippen LogP contribution in [0, 0.1) is 3.57 Å². The smallest absolute Gasteiger partial charge is 0.257 e. The molecule has 0 heterocycles. The lowest BCUT2D eigenvalue weighted by Crippen LogP contribution is -2.13. The van der Waals surface area contributed by atoms with Crippen molar-refractivity contribution in [1.29, 1.82) is 0 Å². The summed E-state index contributed by atoms with van der Waals surface area (Å²) in [6.07, 6.45) is 0. The zero-order valence-electron chi connectivity index (χ0n) is 9.08. The molecule has 0 aromatic heterocycles. The Kier molecular flexibility index (Phi) is 4.48. The molecule has 0 fully saturated rings. The summed E-state index contributed by atoms with van der Waals surface area (Å²) in [4.78, 5) is 12.0. The zero-order valence-corrected chi connectivity index (χ0v) is 12.8. The van der Waals surface area contributed by atoms with Gasteiger partial charge in [-0.25, -0.2) is 0 Å². The number of nitrogens with one attached hydrogen (secondary N) is 1. The normalized spacial score (nSPS) is 10.2. The highest BCUT2D eigenvalue weighted by Crippen LogP contribution is 2.24. The molecule has 2 aromatic rings. The van der Waals surface area contributed by atoms with Crippen molar-refractivity contribution < 1.29 is 4.79 Å². The summed E-state index contributed by atoms with van der Waals surface area (Å²) in [5.41, 5.74) is 1.16. The largest absolute Gasteiger partial charge is 0.321 e. The van der Waals surface area contributed by atoms with E-state index in [0.29, 0.717) is 21.3 Å². The third kappa shape index (κ3) is 3.16. The second-order valence-electron chi connectivity index (χ2n) is 3.56. The van der Waals surface area contributed by atoms with E-state index in [0.717, 1.165) is 3.57 Å². The van der Waals surface area contributed by atoms with E-state index < -0.39 is 0 Å². The van der Waals surface area contributed by atoms with Crippen LogP contribution >= 0.6 is 45.8 Å². The Morgan fingerprint density at radius 1 is 1.11 bits per heavy atom. The number of amides is 1. The number of halogens is 3. The van der Waals surface area contributed by atoms with Crippen LogP contribution in [-0.2, 0) is 0 Å². The van der Waals surface area contributed by atoms with Gasteiger partial charge >= 0.3 is 0 Å². The van der Waals surface area contributed by atoms with Crippen molar-refractivity contribution in [2.75, 3.05) is 5.32 Å². The second-order valence-corrected chi connectivity index (χ2v) is 5.56. The highest BCUT2D eigenvalue weighted by molar-refractivity contribution is 14.1. The molecule has 2 nitrogen and oxygen atoms in total. The van der Waals surface area contributed by atoms with E-state index in [1.165, 1.54) is 0 Å². The lowest BCUT2D eigenvalue weighted by molar-refractivity contribution is 0.102. The van der Waals surface area contributed by atoms with Gasteiger partial charge in [-0.2, -0.15) is 0 Å². The van der Waals surface area contributed by atoms with Crippen molar-refractivity contribution in [2.45, 2.75) is 0 Å². The van der Waals surface area contributed by atoms with Crippen LogP contribution in [0.3, 0.4) is 0 Å². The molecule has 5 heteroatoms. The summed E-state index contributed by atoms with van der Waals surface area (Å²) in [5, 5.41) is 3.87. The van der Waals surface area contributed by atoms with Gasteiger partial charge in [0.15, 0.2) is 0 Å². The molecule has 0 aliphatic heterocycles. The third-order valence-corrected chi connectivity index (χ3v) is 3.76. The Hall–Kier alpha value is -0.780. The minimum Gasteiger partial charge on any atom is -0.321 e. The first-order valence-electron chi connectivity index (χ1n) is 5.09. The van der Waals surface area contributed by atoms with Crippen molar-refractivity contribution in [3.05, 3.63) is 61.6 Å². The molecule has 0 bridgehead atoms. The average molecular weight is 392 g/mol. The highest BCUT2D eigenvalue weighted by Gasteiger charge is 2.11. The molecule has 0 atom stereocenters. The first kappa shape index (κ1) is 13.6. The van der Waals surface area contributed by atoms with Crippen LogP contribution in [-0.4, -0.2) is 5.91 Å². The number of hydrogen-bond donors (Lipinski definition) is 1.